The summed E-state index contributed by atoms with van der Waals surface area (Å²) in [6.45, 7) is 2.78. The lowest BCUT2D eigenvalue weighted by Gasteiger charge is -2.19. The SMILES string of the molecule is CNC(=S)NCCSC(c1ccccc1)c1nc(C)ccc1N. The first-order valence-corrected chi connectivity index (χ1v) is 8.92. The van der Waals surface area contributed by atoms with Gasteiger partial charge < -0.3 is 16.4 Å². The lowest BCUT2D eigenvalue weighted by molar-refractivity contribution is 0.937. The van der Waals surface area contributed by atoms with Gasteiger partial charge in [-0.2, -0.15) is 0 Å². The molecule has 1 heterocycles. The molecule has 2 rings (SSSR count). The molecule has 0 spiro atoms. The van der Waals surface area contributed by atoms with Crippen molar-refractivity contribution < 1.29 is 0 Å². The second-order valence-electron chi connectivity index (χ2n) is 5.09. The molecule has 0 aliphatic rings. The quantitative estimate of drug-likeness (QED) is 0.552. The smallest absolute Gasteiger partial charge is 0.166 e. The van der Waals surface area contributed by atoms with Gasteiger partial charge in [-0.05, 0) is 36.8 Å². The van der Waals surface area contributed by atoms with Crippen LogP contribution < -0.4 is 16.4 Å². The number of aromatic nitrogens is 1. The Hall–Kier alpha value is -1.79. The van der Waals surface area contributed by atoms with Crippen LogP contribution in [0.2, 0.25) is 0 Å². The predicted molar refractivity (Wildman–Crippen MR) is 104 cm³/mol. The van der Waals surface area contributed by atoms with Gasteiger partial charge in [0.05, 0.1) is 16.6 Å². The molecule has 23 heavy (non-hydrogen) atoms. The Bertz CT molecular complexity index is 646. The van der Waals surface area contributed by atoms with E-state index in [1.165, 1.54) is 5.56 Å². The molecule has 0 saturated heterocycles. The minimum atomic E-state index is 0.112. The fraction of sp³-hybridized carbons (Fsp3) is 0.294. The van der Waals surface area contributed by atoms with Gasteiger partial charge in [0.2, 0.25) is 0 Å². The minimum absolute atomic E-state index is 0.112. The van der Waals surface area contributed by atoms with Gasteiger partial charge in [0.15, 0.2) is 5.11 Å². The highest BCUT2D eigenvalue weighted by Crippen LogP contribution is 2.37. The van der Waals surface area contributed by atoms with Gasteiger partial charge in [-0.1, -0.05) is 30.3 Å². The average Bonchev–Trinajstić information content (AvgIpc) is 2.58. The van der Waals surface area contributed by atoms with Crippen LogP contribution in [0.4, 0.5) is 5.69 Å². The third-order valence-corrected chi connectivity index (χ3v) is 4.96. The average molecular weight is 347 g/mol. The molecule has 0 fully saturated rings. The third kappa shape index (κ3) is 5.11. The van der Waals surface area contributed by atoms with Gasteiger partial charge in [0.1, 0.15) is 0 Å². The van der Waals surface area contributed by atoms with E-state index in [2.05, 4.69) is 27.8 Å². The van der Waals surface area contributed by atoms with Gasteiger partial charge in [-0.25, -0.2) is 0 Å². The number of nitrogens with one attached hydrogen (secondary N) is 2. The molecule has 0 amide bonds. The predicted octanol–water partition coefficient (Wildman–Crippen LogP) is 2.89. The first-order chi connectivity index (χ1) is 11.1. The summed E-state index contributed by atoms with van der Waals surface area (Å²) in [6, 6.07) is 14.2. The van der Waals surface area contributed by atoms with Gasteiger partial charge in [-0.3, -0.25) is 4.98 Å². The Morgan fingerprint density at radius 3 is 2.70 bits per heavy atom. The maximum atomic E-state index is 6.18. The summed E-state index contributed by atoms with van der Waals surface area (Å²) in [5.74, 6) is 0.899. The van der Waals surface area contributed by atoms with Crippen LogP contribution in [0.5, 0.6) is 0 Å². The first kappa shape index (κ1) is 17.6. The molecule has 122 valence electrons. The van der Waals surface area contributed by atoms with Crippen molar-refractivity contribution in [2.45, 2.75) is 12.2 Å². The fourth-order valence-electron chi connectivity index (χ4n) is 2.19. The number of rotatable bonds is 6. The largest absolute Gasteiger partial charge is 0.397 e. The van der Waals surface area contributed by atoms with Crippen molar-refractivity contribution in [3.05, 3.63) is 59.4 Å². The number of anilines is 1. The van der Waals surface area contributed by atoms with E-state index in [0.717, 1.165) is 29.4 Å². The molecular weight excluding hydrogens is 324 g/mol. The first-order valence-electron chi connectivity index (χ1n) is 7.47. The molecule has 0 saturated carbocycles. The van der Waals surface area contributed by atoms with Gasteiger partial charge in [-0.15, -0.1) is 11.8 Å². The minimum Gasteiger partial charge on any atom is -0.397 e. The van der Waals surface area contributed by atoms with E-state index in [-0.39, 0.29) is 5.25 Å². The van der Waals surface area contributed by atoms with Crippen molar-refractivity contribution in [1.82, 2.24) is 15.6 Å². The van der Waals surface area contributed by atoms with Crippen molar-refractivity contribution in [3.63, 3.8) is 0 Å². The van der Waals surface area contributed by atoms with E-state index in [1.807, 2.05) is 56.1 Å². The molecule has 0 radical (unpaired) electrons. The Morgan fingerprint density at radius 1 is 1.26 bits per heavy atom. The number of aryl methyl sites for hydroxylation is 1. The van der Waals surface area contributed by atoms with Crippen LogP contribution in [-0.2, 0) is 0 Å². The van der Waals surface area contributed by atoms with Crippen LogP contribution >= 0.6 is 24.0 Å². The van der Waals surface area contributed by atoms with Crippen LogP contribution in [0.15, 0.2) is 42.5 Å². The Kier molecular flexibility index (Phi) is 6.67. The van der Waals surface area contributed by atoms with Crippen LogP contribution in [0.3, 0.4) is 0 Å². The van der Waals surface area contributed by atoms with E-state index in [4.69, 9.17) is 18.0 Å². The number of thioether (sulfide) groups is 1. The van der Waals surface area contributed by atoms with Crippen molar-refractivity contribution >= 4 is 34.8 Å². The van der Waals surface area contributed by atoms with Crippen LogP contribution in [0, 0.1) is 6.92 Å². The van der Waals surface area contributed by atoms with E-state index >= 15 is 0 Å². The van der Waals surface area contributed by atoms with Crippen molar-refractivity contribution in [1.29, 1.82) is 0 Å². The fourth-order valence-corrected chi connectivity index (χ4v) is 3.44. The molecule has 2 aromatic rings. The number of pyridine rings is 1. The zero-order valence-corrected chi connectivity index (χ0v) is 15.0. The van der Waals surface area contributed by atoms with Crippen molar-refractivity contribution in [2.75, 3.05) is 25.1 Å². The van der Waals surface area contributed by atoms with Crippen molar-refractivity contribution in [3.8, 4) is 0 Å². The van der Waals surface area contributed by atoms with E-state index in [9.17, 15) is 0 Å². The summed E-state index contributed by atoms with van der Waals surface area (Å²) in [5.41, 5.74) is 10.0. The maximum absolute atomic E-state index is 6.18. The summed E-state index contributed by atoms with van der Waals surface area (Å²) in [4.78, 5) is 4.68. The monoisotopic (exact) mass is 346 g/mol. The molecule has 4 nitrogen and oxygen atoms in total. The molecule has 1 aromatic heterocycles. The molecule has 0 bridgehead atoms. The highest BCUT2D eigenvalue weighted by atomic mass is 32.2. The lowest BCUT2D eigenvalue weighted by atomic mass is 10.1. The topological polar surface area (TPSA) is 63.0 Å². The van der Waals surface area contributed by atoms with Crippen LogP contribution in [0.25, 0.3) is 0 Å². The number of nitrogens with two attached hydrogens (primary N) is 1. The standard InChI is InChI=1S/C17H22N4S2/c1-12-8-9-14(18)15(21-12)16(13-6-4-3-5-7-13)23-11-10-20-17(22)19-2/h3-9,16H,10-11,18H2,1-2H3,(H2,19,20,22). The second-order valence-corrected chi connectivity index (χ2v) is 6.72. The molecule has 0 aliphatic carbocycles. The molecular formula is C17H22N4S2. The molecule has 6 heteroatoms. The number of hydrogen-bond donors (Lipinski definition) is 3. The summed E-state index contributed by atoms with van der Waals surface area (Å²) >= 11 is 6.91. The lowest BCUT2D eigenvalue weighted by Crippen LogP contribution is -2.33. The number of nitrogen functional groups attached to an aromatic ring is 1. The van der Waals surface area contributed by atoms with E-state index in [1.54, 1.807) is 0 Å². The number of benzene rings is 1. The molecule has 0 aliphatic heterocycles. The summed E-state index contributed by atoms with van der Waals surface area (Å²) < 4.78 is 0. The molecule has 4 N–H and O–H groups in total. The number of hydrogen-bond acceptors (Lipinski definition) is 4. The second kappa shape index (κ2) is 8.74. The zero-order chi connectivity index (χ0) is 16.7. The normalized spacial score (nSPS) is 11.7. The Labute approximate surface area is 147 Å². The van der Waals surface area contributed by atoms with Crippen LogP contribution in [0.1, 0.15) is 22.2 Å². The van der Waals surface area contributed by atoms with Gasteiger partial charge in [0, 0.05) is 25.0 Å². The van der Waals surface area contributed by atoms with Crippen molar-refractivity contribution in [2.24, 2.45) is 0 Å². The Morgan fingerprint density at radius 2 is 2.00 bits per heavy atom. The third-order valence-electron chi connectivity index (χ3n) is 3.35. The highest BCUT2D eigenvalue weighted by molar-refractivity contribution is 7.99. The van der Waals surface area contributed by atoms with Gasteiger partial charge >= 0.3 is 0 Å². The number of nitrogens with zero attached hydrogens (tertiary/aromatic N) is 1. The summed E-state index contributed by atoms with van der Waals surface area (Å²) in [6.07, 6.45) is 0. The summed E-state index contributed by atoms with van der Waals surface area (Å²) in [5, 5.41) is 6.85. The zero-order valence-electron chi connectivity index (χ0n) is 13.4. The molecule has 1 unspecified atom stereocenters. The summed E-state index contributed by atoms with van der Waals surface area (Å²) in [7, 11) is 1.81. The van der Waals surface area contributed by atoms with Crippen LogP contribution in [-0.4, -0.2) is 29.4 Å². The van der Waals surface area contributed by atoms with E-state index < -0.39 is 0 Å². The van der Waals surface area contributed by atoms with Gasteiger partial charge in [0.25, 0.3) is 0 Å². The van der Waals surface area contributed by atoms with E-state index in [0.29, 0.717) is 5.11 Å². The molecule has 1 atom stereocenters. The Balaban J connectivity index is 2.16. The molecule has 1 aromatic carbocycles. The highest BCUT2D eigenvalue weighted by Gasteiger charge is 2.18. The number of thiocarbonyl (C=S) groups is 1. The maximum Gasteiger partial charge on any atom is 0.166 e.